The van der Waals surface area contributed by atoms with Crippen molar-refractivity contribution in [1.82, 2.24) is 34.4 Å². The van der Waals surface area contributed by atoms with Gasteiger partial charge in [0.15, 0.2) is 5.82 Å². The van der Waals surface area contributed by atoms with E-state index in [4.69, 9.17) is 0 Å². The number of aromatic nitrogens is 3. The predicted molar refractivity (Wildman–Crippen MR) is 134 cm³/mol. The minimum atomic E-state index is -4.60. The number of piperidine rings is 1. The van der Waals surface area contributed by atoms with Crippen molar-refractivity contribution in [2.75, 3.05) is 32.7 Å². The zero-order chi connectivity index (χ0) is 28.7. The smallest absolute Gasteiger partial charge is 0.343 e. The third-order valence-electron chi connectivity index (χ3n) is 8.98. The van der Waals surface area contributed by atoms with Crippen molar-refractivity contribution in [2.24, 2.45) is 5.41 Å². The fraction of sp³-hybridized carbons (Fsp3) is 0.769. The average Bonchev–Trinajstić information content (AvgIpc) is 3.66. The quantitative estimate of drug-likeness (QED) is 0.523. The van der Waals surface area contributed by atoms with Crippen molar-refractivity contribution >= 4 is 23.8 Å². The van der Waals surface area contributed by atoms with Gasteiger partial charge in [-0.3, -0.25) is 19.3 Å². The van der Waals surface area contributed by atoms with E-state index >= 15 is 0 Å². The van der Waals surface area contributed by atoms with Crippen LogP contribution >= 0.6 is 0 Å². The lowest BCUT2D eigenvalue weighted by molar-refractivity contribution is -0.148. The number of fused-ring (bicyclic) bond motifs is 1. The van der Waals surface area contributed by atoms with Crippen LogP contribution in [-0.2, 0) is 33.6 Å². The number of hydrogen-bond donors (Lipinski definition) is 0. The Morgan fingerprint density at radius 1 is 0.875 bits per heavy atom. The molecular formula is C26H36F3N7O4. The summed E-state index contributed by atoms with van der Waals surface area (Å²) in [5.41, 5.74) is -0.459. The van der Waals surface area contributed by atoms with Crippen LogP contribution in [0, 0.1) is 5.41 Å². The highest BCUT2D eigenvalue weighted by Crippen LogP contribution is 2.45. The summed E-state index contributed by atoms with van der Waals surface area (Å²) in [5.74, 6) is -1.28. The van der Waals surface area contributed by atoms with Crippen LogP contribution in [0.1, 0.15) is 76.4 Å². The Labute approximate surface area is 230 Å². The molecule has 1 aliphatic carbocycles. The Hall–Kier alpha value is -3.19. The molecule has 0 aromatic carbocycles. The molecule has 11 nitrogen and oxygen atoms in total. The number of hydrogen-bond acceptors (Lipinski definition) is 6. The number of nitrogens with zero attached hydrogens (tertiary/aromatic N) is 7. The van der Waals surface area contributed by atoms with Crippen molar-refractivity contribution in [3.63, 3.8) is 0 Å². The van der Waals surface area contributed by atoms with Gasteiger partial charge >= 0.3 is 12.2 Å². The maximum absolute atomic E-state index is 13.4. The third kappa shape index (κ3) is 5.53. The van der Waals surface area contributed by atoms with Crippen molar-refractivity contribution in [3.05, 3.63) is 11.6 Å². The van der Waals surface area contributed by atoms with Gasteiger partial charge in [0, 0.05) is 64.6 Å². The predicted octanol–water partition coefficient (Wildman–Crippen LogP) is 2.64. The van der Waals surface area contributed by atoms with Gasteiger partial charge in [-0.25, -0.2) is 4.79 Å². The van der Waals surface area contributed by atoms with E-state index < -0.39 is 17.4 Å². The lowest BCUT2D eigenvalue weighted by Crippen LogP contribution is -2.49. The summed E-state index contributed by atoms with van der Waals surface area (Å²) >= 11 is 0. The largest absolute Gasteiger partial charge is 0.451 e. The highest BCUT2D eigenvalue weighted by molar-refractivity contribution is 5.95. The number of likely N-dealkylation sites (tertiary alicyclic amines) is 1. The number of halogens is 3. The fourth-order valence-electron chi connectivity index (χ4n) is 6.73. The van der Waals surface area contributed by atoms with Crippen LogP contribution in [0.2, 0.25) is 0 Å². The van der Waals surface area contributed by atoms with Crippen LogP contribution in [0.4, 0.5) is 18.0 Å². The van der Waals surface area contributed by atoms with Gasteiger partial charge in [-0.2, -0.15) is 13.2 Å². The van der Waals surface area contributed by atoms with Gasteiger partial charge in [0.05, 0.1) is 6.54 Å². The summed E-state index contributed by atoms with van der Waals surface area (Å²) in [6, 6.07) is -0.252. The molecule has 0 radical (unpaired) electrons. The van der Waals surface area contributed by atoms with Gasteiger partial charge in [0.1, 0.15) is 0 Å². The number of rotatable bonds is 6. The lowest BCUT2D eigenvalue weighted by Gasteiger charge is -2.38. The van der Waals surface area contributed by atoms with E-state index in [1.807, 2.05) is 4.90 Å². The molecule has 5 amide bonds. The molecule has 0 unspecified atom stereocenters. The van der Waals surface area contributed by atoms with E-state index in [0.717, 1.165) is 30.3 Å². The minimum Gasteiger partial charge on any atom is -0.343 e. The van der Waals surface area contributed by atoms with Crippen LogP contribution in [0.3, 0.4) is 0 Å². The molecule has 1 saturated carbocycles. The highest BCUT2D eigenvalue weighted by Gasteiger charge is 2.44. The second kappa shape index (κ2) is 11.0. The van der Waals surface area contributed by atoms with E-state index in [0.29, 0.717) is 39.0 Å². The standard InChI is InChI=1S/C26H36F3N7O4/c1-2-20(37)36-14-13-34(24(36)40)18-5-9-32(10-6-18)21(38)15-25(7-3-4-8-25)16-22(39)33-11-12-35-19(17-33)30-31-23(35)26(27,28)29/h18H,2-17H2,1H3. The monoisotopic (exact) mass is 567 g/mol. The number of urea groups is 1. The highest BCUT2D eigenvalue weighted by atomic mass is 19.4. The molecule has 1 aromatic heterocycles. The Balaban J connectivity index is 1.15. The summed E-state index contributed by atoms with van der Waals surface area (Å²) in [6.45, 7) is 3.77. The topological polar surface area (TPSA) is 112 Å². The van der Waals surface area contributed by atoms with Gasteiger partial charge in [0.2, 0.25) is 23.5 Å². The Bertz CT molecular complexity index is 1160. The first-order valence-electron chi connectivity index (χ1n) is 14.2. The molecule has 4 aliphatic rings. The van der Waals surface area contributed by atoms with Crippen molar-refractivity contribution in [3.8, 4) is 0 Å². The summed E-state index contributed by atoms with van der Waals surface area (Å²) in [4.78, 5) is 57.8. The molecule has 3 aliphatic heterocycles. The molecule has 40 heavy (non-hydrogen) atoms. The number of carbonyl (C=O) groups is 4. The van der Waals surface area contributed by atoms with Crippen LogP contribution in [-0.4, -0.2) is 96.9 Å². The second-order valence-corrected chi connectivity index (χ2v) is 11.5. The van der Waals surface area contributed by atoms with Gasteiger partial charge in [-0.05, 0) is 31.1 Å². The van der Waals surface area contributed by atoms with Gasteiger partial charge < -0.3 is 19.3 Å². The average molecular weight is 568 g/mol. The summed E-state index contributed by atoms with van der Waals surface area (Å²) in [7, 11) is 0. The number of alkyl halides is 3. The van der Waals surface area contributed by atoms with Gasteiger partial charge in [-0.1, -0.05) is 19.8 Å². The Kier molecular flexibility index (Phi) is 7.79. The molecule has 220 valence electrons. The zero-order valence-corrected chi connectivity index (χ0v) is 22.8. The third-order valence-corrected chi connectivity index (χ3v) is 8.98. The van der Waals surface area contributed by atoms with Crippen molar-refractivity contribution < 1.29 is 32.3 Å². The first-order chi connectivity index (χ1) is 19.0. The molecule has 3 fully saturated rings. The lowest BCUT2D eigenvalue weighted by atomic mass is 9.78. The molecule has 1 aromatic rings. The Morgan fingerprint density at radius 2 is 1.52 bits per heavy atom. The molecular weight excluding hydrogens is 531 g/mol. The minimum absolute atomic E-state index is 0.00288. The van der Waals surface area contributed by atoms with E-state index in [-0.39, 0.29) is 74.5 Å². The second-order valence-electron chi connectivity index (χ2n) is 11.5. The molecule has 5 rings (SSSR count). The normalized spacial score (nSPS) is 21.8. The SMILES string of the molecule is CCC(=O)N1CCN(C2CCN(C(=O)CC3(CC(=O)N4CCn5c(nnc5C(F)(F)F)C4)CCCC3)CC2)C1=O. The molecule has 2 saturated heterocycles. The number of imide groups is 1. The maximum Gasteiger partial charge on any atom is 0.451 e. The van der Waals surface area contributed by atoms with Crippen molar-refractivity contribution in [2.45, 2.75) is 90.0 Å². The van der Waals surface area contributed by atoms with Gasteiger partial charge in [0.25, 0.3) is 0 Å². The summed E-state index contributed by atoms with van der Waals surface area (Å²) in [6.07, 6.45) is 0.781. The van der Waals surface area contributed by atoms with Crippen LogP contribution in [0.25, 0.3) is 0 Å². The van der Waals surface area contributed by atoms with E-state index in [1.165, 1.54) is 9.80 Å². The summed E-state index contributed by atoms with van der Waals surface area (Å²) < 4.78 is 40.5. The Morgan fingerprint density at radius 3 is 2.15 bits per heavy atom. The number of amides is 5. The molecule has 0 spiro atoms. The summed E-state index contributed by atoms with van der Waals surface area (Å²) in [5, 5.41) is 6.95. The first kappa shape index (κ1) is 28.3. The zero-order valence-electron chi connectivity index (χ0n) is 22.8. The fourth-order valence-corrected chi connectivity index (χ4v) is 6.73. The van der Waals surface area contributed by atoms with E-state index in [1.54, 1.807) is 11.8 Å². The maximum atomic E-state index is 13.4. The van der Waals surface area contributed by atoms with E-state index in [9.17, 15) is 32.3 Å². The molecule has 0 N–H and O–H groups in total. The van der Waals surface area contributed by atoms with Gasteiger partial charge in [-0.15, -0.1) is 10.2 Å². The first-order valence-corrected chi connectivity index (χ1v) is 14.2. The number of carbonyl (C=O) groups excluding carboxylic acids is 4. The molecule has 0 atom stereocenters. The molecule has 4 heterocycles. The molecule has 0 bridgehead atoms. The van der Waals surface area contributed by atoms with Crippen LogP contribution in [0.15, 0.2) is 0 Å². The van der Waals surface area contributed by atoms with E-state index in [2.05, 4.69) is 10.2 Å². The molecule has 14 heteroatoms. The van der Waals surface area contributed by atoms with Crippen LogP contribution < -0.4 is 0 Å². The van der Waals surface area contributed by atoms with Crippen LogP contribution in [0.5, 0.6) is 0 Å². The van der Waals surface area contributed by atoms with Crippen molar-refractivity contribution in [1.29, 1.82) is 0 Å².